The van der Waals surface area contributed by atoms with Crippen molar-refractivity contribution in [1.29, 1.82) is 0 Å². The van der Waals surface area contributed by atoms with Crippen LogP contribution in [0.3, 0.4) is 0 Å². The van der Waals surface area contributed by atoms with Crippen LogP contribution in [0.25, 0.3) is 0 Å². The molecule has 2 N–H and O–H groups in total. The number of nitrogens with zero attached hydrogens (tertiary/aromatic N) is 2. The SMILES string of the molecule is CN(CCO)Cc1ccccc1[Se][Se]c1ccccc1CN(C)CCO. The molecule has 0 amide bonds. The van der Waals surface area contributed by atoms with Crippen LogP contribution < -0.4 is 8.92 Å². The Morgan fingerprint density at radius 1 is 0.692 bits per heavy atom. The molecule has 0 aliphatic heterocycles. The zero-order chi connectivity index (χ0) is 18.8. The molecule has 0 aromatic heterocycles. The van der Waals surface area contributed by atoms with Crippen molar-refractivity contribution >= 4 is 35.2 Å². The van der Waals surface area contributed by atoms with Crippen LogP contribution in [0.15, 0.2) is 48.5 Å². The molecule has 4 nitrogen and oxygen atoms in total. The van der Waals surface area contributed by atoms with Crippen molar-refractivity contribution < 1.29 is 10.2 Å². The monoisotopic (exact) mass is 488 g/mol. The molecule has 26 heavy (non-hydrogen) atoms. The van der Waals surface area contributed by atoms with Crippen molar-refractivity contribution in [2.24, 2.45) is 0 Å². The molecule has 2 rings (SSSR count). The molecular weight excluding hydrogens is 458 g/mol. The van der Waals surface area contributed by atoms with E-state index in [9.17, 15) is 0 Å². The molecule has 0 aliphatic rings. The first kappa shape index (κ1) is 21.6. The van der Waals surface area contributed by atoms with E-state index in [1.165, 1.54) is 20.1 Å². The first-order chi connectivity index (χ1) is 12.6. The predicted molar refractivity (Wildman–Crippen MR) is 110 cm³/mol. The van der Waals surface area contributed by atoms with Gasteiger partial charge in [0.05, 0.1) is 0 Å². The van der Waals surface area contributed by atoms with Gasteiger partial charge in [-0.2, -0.15) is 0 Å². The van der Waals surface area contributed by atoms with E-state index < -0.39 is 0 Å². The van der Waals surface area contributed by atoms with Gasteiger partial charge in [0.15, 0.2) is 0 Å². The Bertz CT molecular complexity index is 612. The van der Waals surface area contributed by atoms with Crippen LogP contribution in [0, 0.1) is 0 Å². The van der Waals surface area contributed by atoms with E-state index in [1.807, 2.05) is 0 Å². The molecule has 6 heteroatoms. The number of hydrogen-bond donors (Lipinski definition) is 2. The summed E-state index contributed by atoms with van der Waals surface area (Å²) >= 11 is 0.852. The minimum atomic E-state index is 0.197. The Balaban J connectivity index is 2.05. The number of aliphatic hydroxyl groups is 2. The Kier molecular flexibility index (Phi) is 9.90. The topological polar surface area (TPSA) is 46.9 Å². The molecule has 0 fully saturated rings. The second kappa shape index (κ2) is 11.9. The van der Waals surface area contributed by atoms with Crippen molar-refractivity contribution in [3.05, 3.63) is 59.7 Å². The van der Waals surface area contributed by atoms with Gasteiger partial charge in [-0.05, 0) is 0 Å². The summed E-state index contributed by atoms with van der Waals surface area (Å²) in [6.07, 6.45) is 0. The van der Waals surface area contributed by atoms with Gasteiger partial charge >= 0.3 is 168 Å². The standard InChI is InChI=1S/C20H28N2O2Se2/c1-21(11-13-23)15-17-7-3-5-9-19(17)25-26-20-10-6-4-8-18(20)16-22(2)12-14-24/h3-10,23-24H,11-16H2,1-2H3. The summed E-state index contributed by atoms with van der Waals surface area (Å²) in [7, 11) is 4.11. The van der Waals surface area contributed by atoms with Crippen molar-refractivity contribution in [2.45, 2.75) is 13.1 Å². The third-order valence-electron chi connectivity index (χ3n) is 4.01. The summed E-state index contributed by atoms with van der Waals surface area (Å²) in [5.41, 5.74) is 2.75. The third kappa shape index (κ3) is 7.15. The number of likely N-dealkylation sites (N-methyl/N-ethyl adjacent to an activating group) is 2. The van der Waals surface area contributed by atoms with E-state index in [1.54, 1.807) is 0 Å². The molecule has 0 unspecified atom stereocenters. The zero-order valence-electron chi connectivity index (χ0n) is 15.5. The molecule has 0 aliphatic carbocycles. The van der Waals surface area contributed by atoms with Gasteiger partial charge in [0, 0.05) is 0 Å². The average molecular weight is 486 g/mol. The molecule has 0 radical (unpaired) electrons. The Hall–Kier alpha value is -0.681. The minimum absolute atomic E-state index is 0.197. The second-order valence-electron chi connectivity index (χ2n) is 6.30. The molecular formula is C20H28N2O2Se2. The summed E-state index contributed by atoms with van der Waals surface area (Å²) in [6.45, 7) is 3.56. The quantitative estimate of drug-likeness (QED) is 0.433. The van der Waals surface area contributed by atoms with Crippen molar-refractivity contribution in [1.82, 2.24) is 9.80 Å². The van der Waals surface area contributed by atoms with Crippen LogP contribution in [-0.4, -0.2) is 86.7 Å². The summed E-state index contributed by atoms with van der Waals surface area (Å²) < 4.78 is 2.92. The van der Waals surface area contributed by atoms with Gasteiger partial charge in [0.2, 0.25) is 0 Å². The first-order valence-corrected chi connectivity index (χ1v) is 14.8. The summed E-state index contributed by atoms with van der Waals surface area (Å²) in [5.74, 6) is 0. The van der Waals surface area contributed by atoms with Crippen LogP contribution >= 0.6 is 0 Å². The van der Waals surface area contributed by atoms with Gasteiger partial charge in [-0.15, -0.1) is 0 Å². The fourth-order valence-electron chi connectivity index (χ4n) is 2.60. The summed E-state index contributed by atoms with van der Waals surface area (Å²) in [4.78, 5) is 4.33. The van der Waals surface area contributed by atoms with Crippen molar-refractivity contribution in [2.75, 3.05) is 40.4 Å². The molecule has 2 aromatic rings. The Labute approximate surface area is 168 Å². The van der Waals surface area contributed by atoms with E-state index in [0.29, 0.717) is 39.4 Å². The molecule has 0 saturated carbocycles. The number of benzene rings is 2. The van der Waals surface area contributed by atoms with Crippen LogP contribution in [0.1, 0.15) is 11.1 Å². The maximum atomic E-state index is 9.12. The molecule has 0 saturated heterocycles. The van der Waals surface area contributed by atoms with Crippen molar-refractivity contribution in [3.63, 3.8) is 0 Å². The zero-order valence-corrected chi connectivity index (χ0v) is 18.9. The molecule has 2 aromatic carbocycles. The van der Waals surface area contributed by atoms with Crippen LogP contribution in [0.5, 0.6) is 0 Å². The fourth-order valence-corrected chi connectivity index (χ4v) is 10.1. The van der Waals surface area contributed by atoms with E-state index in [2.05, 4.69) is 72.4 Å². The van der Waals surface area contributed by atoms with Gasteiger partial charge in [0.25, 0.3) is 0 Å². The van der Waals surface area contributed by atoms with E-state index >= 15 is 0 Å². The van der Waals surface area contributed by atoms with Gasteiger partial charge in [-0.1, -0.05) is 0 Å². The van der Waals surface area contributed by atoms with Gasteiger partial charge in [-0.3, -0.25) is 0 Å². The molecule has 142 valence electrons. The molecule has 0 bridgehead atoms. The number of aliphatic hydroxyl groups excluding tert-OH is 2. The second-order valence-corrected chi connectivity index (χ2v) is 12.5. The Morgan fingerprint density at radius 3 is 1.46 bits per heavy atom. The van der Waals surface area contributed by atoms with E-state index in [0.717, 1.165) is 13.1 Å². The van der Waals surface area contributed by atoms with Crippen LogP contribution in [0.2, 0.25) is 0 Å². The van der Waals surface area contributed by atoms with Gasteiger partial charge < -0.3 is 0 Å². The predicted octanol–water partition coefficient (Wildman–Crippen LogP) is -0.191. The van der Waals surface area contributed by atoms with Gasteiger partial charge in [-0.25, -0.2) is 0 Å². The number of rotatable bonds is 11. The van der Waals surface area contributed by atoms with E-state index in [4.69, 9.17) is 10.2 Å². The fraction of sp³-hybridized carbons (Fsp3) is 0.400. The summed E-state index contributed by atoms with van der Waals surface area (Å²) in [6, 6.07) is 17.4. The molecule has 0 heterocycles. The number of hydrogen-bond acceptors (Lipinski definition) is 4. The summed E-state index contributed by atoms with van der Waals surface area (Å²) in [5, 5.41) is 18.2. The normalized spacial score (nSPS) is 11.5. The first-order valence-electron chi connectivity index (χ1n) is 8.73. The van der Waals surface area contributed by atoms with Crippen LogP contribution in [0.4, 0.5) is 0 Å². The van der Waals surface area contributed by atoms with E-state index in [-0.39, 0.29) is 13.2 Å². The third-order valence-corrected chi connectivity index (χ3v) is 11.4. The molecule has 0 atom stereocenters. The average Bonchev–Trinajstić information content (AvgIpc) is 2.62. The van der Waals surface area contributed by atoms with Crippen molar-refractivity contribution in [3.8, 4) is 0 Å². The van der Waals surface area contributed by atoms with Crippen LogP contribution in [-0.2, 0) is 13.1 Å². The van der Waals surface area contributed by atoms with Gasteiger partial charge in [0.1, 0.15) is 0 Å². The molecule has 0 spiro atoms. The Morgan fingerprint density at radius 2 is 1.08 bits per heavy atom. The maximum absolute atomic E-state index is 9.12.